The van der Waals surface area contributed by atoms with Crippen LogP contribution in [-0.2, 0) is 14.6 Å². The van der Waals surface area contributed by atoms with E-state index in [0.717, 1.165) is 0 Å². The maximum Gasteiger partial charge on any atom is 0.220 e. The minimum atomic E-state index is -3.07. The van der Waals surface area contributed by atoms with Gasteiger partial charge in [-0.2, -0.15) is 0 Å². The molecule has 1 aliphatic rings. The van der Waals surface area contributed by atoms with Crippen molar-refractivity contribution in [3.63, 3.8) is 0 Å². The highest BCUT2D eigenvalue weighted by Gasteiger charge is 2.39. The van der Waals surface area contributed by atoms with Crippen molar-refractivity contribution in [2.75, 3.05) is 11.5 Å². The fourth-order valence-corrected chi connectivity index (χ4v) is 5.43. The second kappa shape index (κ2) is 6.06. The van der Waals surface area contributed by atoms with Crippen molar-refractivity contribution in [1.29, 1.82) is 0 Å². The number of hydrogen-bond donors (Lipinski definition) is 1. The molecular formula is C13H16ClNO4S2. The number of carbonyl (C=O) groups excluding carboxylic acids is 2. The van der Waals surface area contributed by atoms with Gasteiger partial charge in [0.2, 0.25) is 5.91 Å². The fourth-order valence-electron chi connectivity index (χ4n) is 2.32. The van der Waals surface area contributed by atoms with E-state index in [-0.39, 0.29) is 36.0 Å². The first-order valence-electron chi connectivity index (χ1n) is 6.49. The Morgan fingerprint density at radius 2 is 2.10 bits per heavy atom. The zero-order chi connectivity index (χ0) is 15.7. The van der Waals surface area contributed by atoms with Crippen LogP contribution in [0.25, 0.3) is 0 Å². The SMILES string of the molecule is CC1(NC(=O)CCC(=O)c2ccc(Cl)s2)CCS(=O)(=O)C1. The Bertz CT molecular complexity index is 667. The summed E-state index contributed by atoms with van der Waals surface area (Å²) in [5.74, 6) is -0.381. The van der Waals surface area contributed by atoms with Gasteiger partial charge in [0.1, 0.15) is 0 Å². The maximum atomic E-state index is 11.9. The van der Waals surface area contributed by atoms with Crippen molar-refractivity contribution >= 4 is 44.5 Å². The molecule has 8 heteroatoms. The quantitative estimate of drug-likeness (QED) is 0.825. The van der Waals surface area contributed by atoms with Crippen LogP contribution in [-0.4, -0.2) is 37.2 Å². The number of hydrogen-bond acceptors (Lipinski definition) is 5. The van der Waals surface area contributed by atoms with Crippen molar-refractivity contribution in [3.05, 3.63) is 21.3 Å². The Morgan fingerprint density at radius 1 is 1.38 bits per heavy atom. The van der Waals surface area contributed by atoms with Crippen molar-refractivity contribution in [3.8, 4) is 0 Å². The number of ketones is 1. The van der Waals surface area contributed by atoms with Crippen molar-refractivity contribution in [1.82, 2.24) is 5.32 Å². The summed E-state index contributed by atoms with van der Waals surface area (Å²) < 4.78 is 23.5. The van der Waals surface area contributed by atoms with Gasteiger partial charge in [-0.15, -0.1) is 11.3 Å². The summed E-state index contributed by atoms with van der Waals surface area (Å²) in [5.41, 5.74) is -0.717. The molecule has 5 nitrogen and oxygen atoms in total. The molecule has 0 bridgehead atoms. The summed E-state index contributed by atoms with van der Waals surface area (Å²) >= 11 is 6.94. The van der Waals surface area contributed by atoms with Gasteiger partial charge in [-0.05, 0) is 25.5 Å². The molecule has 0 aromatic carbocycles. The third kappa shape index (κ3) is 4.52. The van der Waals surface area contributed by atoms with Crippen LogP contribution in [0.4, 0.5) is 0 Å². The second-order valence-corrected chi connectivity index (χ2v) is 9.38. The third-order valence-corrected chi connectivity index (χ3v) is 6.55. The lowest BCUT2D eigenvalue weighted by molar-refractivity contribution is -0.122. The molecule has 21 heavy (non-hydrogen) atoms. The van der Waals surface area contributed by atoms with Gasteiger partial charge >= 0.3 is 0 Å². The number of amides is 1. The molecule has 2 rings (SSSR count). The standard InChI is InChI=1S/C13H16ClNO4S2/c1-13(6-7-21(18,19)8-13)15-12(17)5-2-9(16)10-3-4-11(14)20-10/h3-4H,2,5-8H2,1H3,(H,15,17). The van der Waals surface area contributed by atoms with Gasteiger partial charge in [0, 0.05) is 12.8 Å². The number of carbonyl (C=O) groups is 2. The first kappa shape index (κ1) is 16.5. The van der Waals surface area contributed by atoms with E-state index in [4.69, 9.17) is 11.6 Å². The van der Waals surface area contributed by atoms with Gasteiger partial charge < -0.3 is 5.32 Å². The van der Waals surface area contributed by atoms with Crippen LogP contribution in [0.5, 0.6) is 0 Å². The molecule has 116 valence electrons. The number of halogens is 1. The van der Waals surface area contributed by atoms with Gasteiger partial charge in [0.15, 0.2) is 15.6 Å². The van der Waals surface area contributed by atoms with E-state index in [1.54, 1.807) is 19.1 Å². The van der Waals surface area contributed by atoms with E-state index in [1.165, 1.54) is 11.3 Å². The molecule has 1 saturated heterocycles. The number of sulfone groups is 1. The monoisotopic (exact) mass is 349 g/mol. The van der Waals surface area contributed by atoms with Crippen LogP contribution in [0, 0.1) is 0 Å². The highest BCUT2D eigenvalue weighted by atomic mass is 35.5. The molecule has 0 radical (unpaired) electrons. The fraction of sp³-hybridized carbons (Fsp3) is 0.538. The van der Waals surface area contributed by atoms with E-state index in [9.17, 15) is 18.0 Å². The molecule has 1 aromatic rings. The molecule has 0 saturated carbocycles. The lowest BCUT2D eigenvalue weighted by Gasteiger charge is -2.23. The van der Waals surface area contributed by atoms with Gasteiger partial charge in [-0.25, -0.2) is 8.42 Å². The average molecular weight is 350 g/mol. The minimum absolute atomic E-state index is 0.0414. The largest absolute Gasteiger partial charge is 0.350 e. The molecule has 1 aliphatic heterocycles. The molecule has 0 aliphatic carbocycles. The van der Waals surface area contributed by atoms with Gasteiger partial charge in [0.05, 0.1) is 26.3 Å². The Kier molecular flexibility index (Phi) is 4.75. The summed E-state index contributed by atoms with van der Waals surface area (Å²) in [6.07, 6.45) is 0.547. The van der Waals surface area contributed by atoms with Crippen LogP contribution in [0.1, 0.15) is 35.9 Å². The van der Waals surface area contributed by atoms with Gasteiger partial charge in [0.25, 0.3) is 0 Å². The maximum absolute atomic E-state index is 11.9. The summed E-state index contributed by atoms with van der Waals surface area (Å²) in [7, 11) is -3.07. The summed E-state index contributed by atoms with van der Waals surface area (Å²) in [6, 6.07) is 3.28. The van der Waals surface area contributed by atoms with Crippen LogP contribution in [0.3, 0.4) is 0 Å². The van der Waals surface area contributed by atoms with Crippen molar-refractivity contribution in [2.45, 2.75) is 31.7 Å². The van der Waals surface area contributed by atoms with E-state index >= 15 is 0 Å². The van der Waals surface area contributed by atoms with Crippen molar-refractivity contribution in [2.24, 2.45) is 0 Å². The first-order chi connectivity index (χ1) is 9.69. The zero-order valence-corrected chi connectivity index (χ0v) is 13.9. The number of thiophene rings is 1. The lowest BCUT2D eigenvalue weighted by Crippen LogP contribution is -2.46. The molecular weight excluding hydrogens is 334 g/mol. The second-order valence-electron chi connectivity index (χ2n) is 5.48. The van der Waals surface area contributed by atoms with Crippen LogP contribution >= 0.6 is 22.9 Å². The minimum Gasteiger partial charge on any atom is -0.350 e. The smallest absolute Gasteiger partial charge is 0.220 e. The highest BCUT2D eigenvalue weighted by Crippen LogP contribution is 2.24. The summed E-state index contributed by atoms with van der Waals surface area (Å²) in [4.78, 5) is 24.3. The summed E-state index contributed by atoms with van der Waals surface area (Å²) in [5, 5.41) is 2.73. The molecule has 1 unspecified atom stereocenters. The van der Waals surface area contributed by atoms with Crippen LogP contribution in [0.2, 0.25) is 4.34 Å². The predicted octanol–water partition coefficient (Wildman–Crippen LogP) is 2.06. The molecule has 1 amide bonds. The molecule has 1 atom stereocenters. The molecule has 1 aromatic heterocycles. The van der Waals surface area contributed by atoms with Gasteiger partial charge in [-0.3, -0.25) is 9.59 Å². The van der Waals surface area contributed by atoms with Crippen molar-refractivity contribution < 1.29 is 18.0 Å². The average Bonchev–Trinajstić information content (AvgIpc) is 2.90. The van der Waals surface area contributed by atoms with E-state index in [2.05, 4.69) is 5.32 Å². The van der Waals surface area contributed by atoms with Crippen LogP contribution < -0.4 is 5.32 Å². The van der Waals surface area contributed by atoms with Crippen LogP contribution in [0.15, 0.2) is 12.1 Å². The normalized spacial score (nSPS) is 23.9. The Hall–Kier alpha value is -0.920. The highest BCUT2D eigenvalue weighted by molar-refractivity contribution is 7.91. The van der Waals surface area contributed by atoms with E-state index < -0.39 is 15.4 Å². The molecule has 1 fully saturated rings. The van der Waals surface area contributed by atoms with Gasteiger partial charge in [-0.1, -0.05) is 11.6 Å². The van der Waals surface area contributed by atoms with E-state index in [1.807, 2.05) is 0 Å². The topological polar surface area (TPSA) is 80.3 Å². The molecule has 0 spiro atoms. The third-order valence-electron chi connectivity index (χ3n) is 3.37. The number of Topliss-reactive ketones (excluding diaryl/α,β-unsaturated/α-hetero) is 1. The Labute approximate surface area is 132 Å². The van der Waals surface area contributed by atoms with E-state index in [0.29, 0.717) is 15.6 Å². The Morgan fingerprint density at radius 3 is 2.62 bits per heavy atom. The summed E-state index contributed by atoms with van der Waals surface area (Å²) in [6.45, 7) is 1.72. The lowest BCUT2D eigenvalue weighted by atomic mass is 10.0. The first-order valence-corrected chi connectivity index (χ1v) is 9.51. The Balaban J connectivity index is 1.84. The number of rotatable bonds is 5. The molecule has 2 heterocycles. The number of nitrogens with one attached hydrogen (secondary N) is 1. The predicted molar refractivity (Wildman–Crippen MR) is 82.7 cm³/mol. The molecule has 1 N–H and O–H groups in total. The zero-order valence-electron chi connectivity index (χ0n) is 11.5.